The molecule has 33 heavy (non-hydrogen) atoms. The van der Waals surface area contributed by atoms with Gasteiger partial charge >= 0.3 is 0 Å². The highest BCUT2D eigenvalue weighted by molar-refractivity contribution is 5.54. The summed E-state index contributed by atoms with van der Waals surface area (Å²) in [6.07, 6.45) is 4.36. The molecule has 1 saturated carbocycles. The van der Waals surface area contributed by atoms with Gasteiger partial charge in [-0.2, -0.15) is 14.9 Å². The number of aromatic nitrogens is 6. The minimum atomic E-state index is -0.308. The number of aryl methyl sites for hydroxylation is 1. The molecule has 3 N–H and O–H groups in total. The normalized spacial score (nSPS) is 19.6. The summed E-state index contributed by atoms with van der Waals surface area (Å²) in [5.41, 5.74) is 2.28. The van der Waals surface area contributed by atoms with Crippen LogP contribution in [-0.2, 0) is 6.42 Å². The Morgan fingerprint density at radius 1 is 1.30 bits per heavy atom. The van der Waals surface area contributed by atoms with Crippen molar-refractivity contribution in [3.63, 3.8) is 0 Å². The van der Waals surface area contributed by atoms with Gasteiger partial charge in [-0.15, -0.1) is 5.10 Å². The molecule has 0 unspecified atom stereocenters. The highest BCUT2D eigenvalue weighted by atomic mass is 16.3. The van der Waals surface area contributed by atoms with E-state index in [4.69, 9.17) is 0 Å². The van der Waals surface area contributed by atoms with Gasteiger partial charge in [0.2, 0.25) is 5.95 Å². The van der Waals surface area contributed by atoms with Crippen LogP contribution in [0.15, 0.2) is 30.5 Å². The van der Waals surface area contributed by atoms with Crippen LogP contribution in [0.3, 0.4) is 0 Å². The Bertz CT molecular complexity index is 1150. The van der Waals surface area contributed by atoms with Crippen LogP contribution in [0.25, 0.3) is 5.69 Å². The highest BCUT2D eigenvalue weighted by Crippen LogP contribution is 2.36. The van der Waals surface area contributed by atoms with Crippen molar-refractivity contribution in [3.8, 4) is 11.8 Å². The summed E-state index contributed by atoms with van der Waals surface area (Å²) in [4.78, 5) is 8.85. The molecule has 0 amide bonds. The summed E-state index contributed by atoms with van der Waals surface area (Å²) in [5.74, 6) is 1.73. The first-order chi connectivity index (χ1) is 15.9. The molecule has 2 aromatic heterocycles. The van der Waals surface area contributed by atoms with Gasteiger partial charge < -0.3 is 15.7 Å². The standard InChI is InChI=1S/C23H29N9O/c1-15-29-30-31-32(15)19-6-4-5-16(11-19)9-10-25-22-26-14-17(13-24)21(28-22)27-18-7-8-20(33)23(2,3)12-18/h4-6,11,14,18,20,33H,7-10,12H2,1-3H3,(H2,25,26,27,28)/t18-,20+/m1/s1. The molecular weight excluding hydrogens is 418 g/mol. The average molecular weight is 448 g/mol. The maximum Gasteiger partial charge on any atom is 0.224 e. The first kappa shape index (κ1) is 22.6. The molecular formula is C23H29N9O. The molecule has 3 aromatic rings. The maximum absolute atomic E-state index is 10.2. The van der Waals surface area contributed by atoms with Crippen molar-refractivity contribution in [3.05, 3.63) is 47.4 Å². The minimum Gasteiger partial charge on any atom is -0.393 e. The minimum absolute atomic E-state index is 0.149. The summed E-state index contributed by atoms with van der Waals surface area (Å²) in [5, 5.41) is 38.0. The van der Waals surface area contributed by atoms with E-state index in [1.54, 1.807) is 10.9 Å². The summed E-state index contributed by atoms with van der Waals surface area (Å²) in [6.45, 7) is 6.63. The van der Waals surface area contributed by atoms with E-state index in [-0.39, 0.29) is 17.6 Å². The van der Waals surface area contributed by atoms with E-state index >= 15 is 0 Å². The zero-order valence-corrected chi connectivity index (χ0v) is 19.2. The molecule has 10 heteroatoms. The topological polar surface area (TPSA) is 137 Å². The number of rotatable bonds is 7. The molecule has 172 valence electrons. The number of nitriles is 1. The van der Waals surface area contributed by atoms with Crippen molar-refractivity contribution >= 4 is 11.8 Å². The molecule has 1 fully saturated rings. The Balaban J connectivity index is 1.39. The lowest BCUT2D eigenvalue weighted by Crippen LogP contribution is -2.41. The zero-order chi connectivity index (χ0) is 23.4. The average Bonchev–Trinajstić information content (AvgIpc) is 3.22. The fourth-order valence-corrected chi connectivity index (χ4v) is 4.23. The number of hydrogen-bond donors (Lipinski definition) is 3. The van der Waals surface area contributed by atoms with Crippen LogP contribution in [0.4, 0.5) is 11.8 Å². The van der Waals surface area contributed by atoms with Crippen molar-refractivity contribution in [1.82, 2.24) is 30.2 Å². The lowest BCUT2D eigenvalue weighted by Gasteiger charge is -2.40. The molecule has 1 aliphatic carbocycles. The molecule has 0 spiro atoms. The Morgan fingerprint density at radius 3 is 2.88 bits per heavy atom. The molecule has 0 radical (unpaired) electrons. The molecule has 2 atom stereocenters. The third-order valence-corrected chi connectivity index (χ3v) is 6.19. The van der Waals surface area contributed by atoms with Gasteiger partial charge in [-0.1, -0.05) is 26.0 Å². The van der Waals surface area contributed by atoms with Crippen LogP contribution in [0.2, 0.25) is 0 Å². The summed E-state index contributed by atoms with van der Waals surface area (Å²) in [6, 6.07) is 10.4. The van der Waals surface area contributed by atoms with Gasteiger partial charge in [0.05, 0.1) is 18.0 Å². The van der Waals surface area contributed by atoms with Gasteiger partial charge in [-0.05, 0) is 66.1 Å². The second kappa shape index (κ2) is 9.50. The van der Waals surface area contributed by atoms with Gasteiger partial charge in [-0.25, -0.2) is 4.98 Å². The van der Waals surface area contributed by atoms with Gasteiger partial charge in [-0.3, -0.25) is 0 Å². The predicted octanol–water partition coefficient (Wildman–Crippen LogP) is 2.64. The molecule has 4 rings (SSSR count). The maximum atomic E-state index is 10.2. The van der Waals surface area contributed by atoms with Gasteiger partial charge in [0, 0.05) is 12.6 Å². The van der Waals surface area contributed by atoms with Crippen LogP contribution in [0.5, 0.6) is 0 Å². The van der Waals surface area contributed by atoms with Gasteiger partial charge in [0.25, 0.3) is 0 Å². The number of benzene rings is 1. The van der Waals surface area contributed by atoms with Crippen LogP contribution >= 0.6 is 0 Å². The summed E-state index contributed by atoms with van der Waals surface area (Å²) >= 11 is 0. The van der Waals surface area contributed by atoms with E-state index in [0.29, 0.717) is 23.9 Å². The number of anilines is 2. The Labute approximate surface area is 193 Å². The molecule has 10 nitrogen and oxygen atoms in total. The van der Waals surface area contributed by atoms with E-state index in [2.05, 4.69) is 68.2 Å². The van der Waals surface area contributed by atoms with Gasteiger partial charge in [0.1, 0.15) is 17.5 Å². The lowest BCUT2D eigenvalue weighted by molar-refractivity contribution is 0.00926. The molecule has 0 aliphatic heterocycles. The van der Waals surface area contributed by atoms with E-state index in [1.165, 1.54) is 0 Å². The van der Waals surface area contributed by atoms with Crippen molar-refractivity contribution in [1.29, 1.82) is 5.26 Å². The lowest BCUT2D eigenvalue weighted by atomic mass is 9.73. The number of aliphatic hydroxyl groups excluding tert-OH is 1. The van der Waals surface area contributed by atoms with E-state index in [9.17, 15) is 10.4 Å². The van der Waals surface area contributed by atoms with Crippen molar-refractivity contribution in [2.24, 2.45) is 5.41 Å². The second-order valence-electron chi connectivity index (χ2n) is 9.18. The first-order valence-corrected chi connectivity index (χ1v) is 11.2. The highest BCUT2D eigenvalue weighted by Gasteiger charge is 2.35. The third kappa shape index (κ3) is 5.26. The van der Waals surface area contributed by atoms with Crippen molar-refractivity contribution in [2.75, 3.05) is 17.2 Å². The fraction of sp³-hybridized carbons (Fsp3) is 0.478. The van der Waals surface area contributed by atoms with Gasteiger partial charge in [0.15, 0.2) is 5.82 Å². The predicted molar refractivity (Wildman–Crippen MR) is 124 cm³/mol. The molecule has 1 aromatic carbocycles. The Morgan fingerprint density at radius 2 is 2.15 bits per heavy atom. The third-order valence-electron chi connectivity index (χ3n) is 6.19. The molecule has 0 bridgehead atoms. The van der Waals surface area contributed by atoms with Crippen molar-refractivity contribution < 1.29 is 5.11 Å². The Hall–Kier alpha value is -3.58. The Kier molecular flexibility index (Phi) is 6.51. The SMILES string of the molecule is Cc1nnnn1-c1cccc(CCNc2ncc(C#N)c(N[C@@H]3CC[C@H](O)C(C)(C)C3)n2)c1. The number of nitrogens with one attached hydrogen (secondary N) is 2. The number of tetrazole rings is 1. The summed E-state index contributed by atoms with van der Waals surface area (Å²) < 4.78 is 1.70. The van der Waals surface area contributed by atoms with Crippen LogP contribution in [0, 0.1) is 23.7 Å². The number of nitrogens with zero attached hydrogens (tertiary/aromatic N) is 7. The van der Waals surface area contributed by atoms with Crippen LogP contribution in [0.1, 0.15) is 50.1 Å². The van der Waals surface area contributed by atoms with Crippen molar-refractivity contribution in [2.45, 2.75) is 58.6 Å². The quantitative estimate of drug-likeness (QED) is 0.499. The van der Waals surface area contributed by atoms with E-state index < -0.39 is 0 Å². The second-order valence-corrected chi connectivity index (χ2v) is 9.18. The molecule has 2 heterocycles. The summed E-state index contributed by atoms with van der Waals surface area (Å²) in [7, 11) is 0. The monoisotopic (exact) mass is 447 g/mol. The smallest absolute Gasteiger partial charge is 0.224 e. The van der Waals surface area contributed by atoms with Crippen LogP contribution in [-0.4, -0.2) is 54.0 Å². The van der Waals surface area contributed by atoms with E-state index in [1.807, 2.05) is 19.1 Å². The number of aliphatic hydroxyl groups is 1. The molecule has 1 aliphatic rings. The fourth-order valence-electron chi connectivity index (χ4n) is 4.23. The van der Waals surface area contributed by atoms with E-state index in [0.717, 1.165) is 42.8 Å². The molecule has 0 saturated heterocycles. The van der Waals surface area contributed by atoms with Crippen LogP contribution < -0.4 is 10.6 Å². The zero-order valence-electron chi connectivity index (χ0n) is 19.2. The first-order valence-electron chi connectivity index (χ1n) is 11.2. The number of hydrogen-bond acceptors (Lipinski definition) is 9. The largest absolute Gasteiger partial charge is 0.393 e.